The van der Waals surface area contributed by atoms with Gasteiger partial charge in [-0.3, -0.25) is 4.90 Å². The number of hydrazine groups is 1. The van der Waals surface area contributed by atoms with Crippen molar-refractivity contribution in [3.8, 4) is 0 Å². The van der Waals surface area contributed by atoms with Crippen LogP contribution < -0.4 is 11.3 Å². The molecular formula is C13H21N5S. The zero-order chi connectivity index (χ0) is 13.7. The van der Waals surface area contributed by atoms with Crippen molar-refractivity contribution >= 4 is 27.4 Å². The highest BCUT2D eigenvalue weighted by atomic mass is 32.1. The van der Waals surface area contributed by atoms with Gasteiger partial charge in [0.2, 0.25) is 0 Å². The number of hydrogen-bond acceptors (Lipinski definition) is 6. The van der Waals surface area contributed by atoms with Crippen LogP contribution in [0, 0.1) is 0 Å². The van der Waals surface area contributed by atoms with E-state index in [1.54, 1.807) is 11.3 Å². The van der Waals surface area contributed by atoms with Crippen molar-refractivity contribution < 1.29 is 0 Å². The molecule has 0 fully saturated rings. The number of aromatic nitrogens is 2. The van der Waals surface area contributed by atoms with Gasteiger partial charge in [0.05, 0.1) is 11.9 Å². The van der Waals surface area contributed by atoms with Gasteiger partial charge < -0.3 is 5.43 Å². The Morgan fingerprint density at radius 1 is 1.37 bits per heavy atom. The second kappa shape index (κ2) is 6.79. The number of nitrogens with two attached hydrogens (primary N) is 1. The molecule has 2 rings (SSSR count). The van der Waals surface area contributed by atoms with Gasteiger partial charge in [-0.25, -0.2) is 15.8 Å². The lowest BCUT2D eigenvalue weighted by atomic mass is 10.3. The van der Waals surface area contributed by atoms with Crippen molar-refractivity contribution in [3.05, 3.63) is 17.3 Å². The lowest BCUT2D eigenvalue weighted by molar-refractivity contribution is 0.269. The molecule has 0 saturated carbocycles. The van der Waals surface area contributed by atoms with Crippen LogP contribution in [0.1, 0.15) is 32.5 Å². The Morgan fingerprint density at radius 3 is 2.89 bits per heavy atom. The lowest BCUT2D eigenvalue weighted by Crippen LogP contribution is -2.25. The Balaban J connectivity index is 2.19. The fourth-order valence-corrected chi connectivity index (χ4v) is 2.79. The number of unbranched alkanes of at least 4 members (excludes halogenated alkanes) is 1. The van der Waals surface area contributed by atoms with Crippen molar-refractivity contribution in [3.63, 3.8) is 0 Å². The number of nitrogen functional groups attached to an aromatic ring is 1. The molecule has 0 atom stereocenters. The normalized spacial score (nSPS) is 11.4. The monoisotopic (exact) mass is 279 g/mol. The van der Waals surface area contributed by atoms with Crippen LogP contribution in [0.25, 0.3) is 10.2 Å². The van der Waals surface area contributed by atoms with Gasteiger partial charge in [0, 0.05) is 0 Å². The Hall–Kier alpha value is -1.24. The number of nitrogens with zero attached hydrogens (tertiary/aromatic N) is 3. The van der Waals surface area contributed by atoms with Gasteiger partial charge in [0.15, 0.2) is 5.82 Å². The fraction of sp³-hybridized carbons (Fsp3) is 0.538. The molecule has 104 valence electrons. The zero-order valence-corrected chi connectivity index (χ0v) is 12.3. The SMILES string of the molecule is CCCCN(CC)Cc1nc(NN)c2ccsc2n1. The topological polar surface area (TPSA) is 67.1 Å². The Morgan fingerprint density at radius 2 is 2.21 bits per heavy atom. The number of nitrogens with one attached hydrogen (secondary N) is 1. The van der Waals surface area contributed by atoms with Gasteiger partial charge >= 0.3 is 0 Å². The molecule has 2 aromatic heterocycles. The molecule has 0 radical (unpaired) electrons. The van der Waals surface area contributed by atoms with Gasteiger partial charge in [-0.2, -0.15) is 0 Å². The summed E-state index contributed by atoms with van der Waals surface area (Å²) in [5.74, 6) is 7.09. The van der Waals surface area contributed by atoms with Crippen LogP contribution in [0.15, 0.2) is 11.4 Å². The molecule has 0 aromatic carbocycles. The van der Waals surface area contributed by atoms with E-state index in [1.807, 2.05) is 11.4 Å². The predicted octanol–water partition coefficient (Wildman–Crippen LogP) is 2.60. The van der Waals surface area contributed by atoms with E-state index in [4.69, 9.17) is 5.84 Å². The molecule has 2 heterocycles. The summed E-state index contributed by atoms with van der Waals surface area (Å²) in [6.45, 7) is 7.25. The average Bonchev–Trinajstić information content (AvgIpc) is 2.90. The second-order valence-electron chi connectivity index (χ2n) is 4.49. The summed E-state index contributed by atoms with van der Waals surface area (Å²) >= 11 is 1.62. The third-order valence-electron chi connectivity index (χ3n) is 3.15. The van der Waals surface area contributed by atoms with E-state index in [9.17, 15) is 0 Å². The predicted molar refractivity (Wildman–Crippen MR) is 81.1 cm³/mol. The first-order valence-corrected chi connectivity index (χ1v) is 7.59. The third-order valence-corrected chi connectivity index (χ3v) is 3.95. The van der Waals surface area contributed by atoms with Crippen LogP contribution in [-0.4, -0.2) is 28.0 Å². The van der Waals surface area contributed by atoms with Crippen molar-refractivity contribution in [1.29, 1.82) is 0 Å². The molecule has 0 amide bonds. The highest BCUT2D eigenvalue weighted by molar-refractivity contribution is 7.16. The van der Waals surface area contributed by atoms with Crippen LogP contribution in [0.3, 0.4) is 0 Å². The maximum absolute atomic E-state index is 5.54. The molecule has 0 saturated heterocycles. The van der Waals surface area contributed by atoms with E-state index in [0.717, 1.165) is 35.7 Å². The minimum absolute atomic E-state index is 0.716. The molecule has 0 aliphatic rings. The number of thiophene rings is 1. The minimum Gasteiger partial charge on any atom is -0.308 e. The molecule has 6 heteroatoms. The average molecular weight is 279 g/mol. The van der Waals surface area contributed by atoms with Crippen molar-refractivity contribution in [2.75, 3.05) is 18.5 Å². The first-order chi connectivity index (χ1) is 9.28. The maximum Gasteiger partial charge on any atom is 0.152 e. The van der Waals surface area contributed by atoms with Crippen molar-refractivity contribution in [1.82, 2.24) is 14.9 Å². The fourth-order valence-electron chi connectivity index (χ4n) is 2.01. The van der Waals surface area contributed by atoms with Crippen LogP contribution >= 0.6 is 11.3 Å². The molecule has 0 spiro atoms. The Kier molecular flexibility index (Phi) is 5.07. The number of fused-ring (bicyclic) bond motifs is 1. The molecule has 0 bridgehead atoms. The van der Waals surface area contributed by atoms with E-state index < -0.39 is 0 Å². The minimum atomic E-state index is 0.716. The summed E-state index contributed by atoms with van der Waals surface area (Å²) in [7, 11) is 0. The highest BCUT2D eigenvalue weighted by Gasteiger charge is 2.10. The second-order valence-corrected chi connectivity index (χ2v) is 5.39. The van der Waals surface area contributed by atoms with Crippen LogP contribution in [0.5, 0.6) is 0 Å². The van der Waals surface area contributed by atoms with Gasteiger partial charge in [-0.1, -0.05) is 20.3 Å². The van der Waals surface area contributed by atoms with Gasteiger partial charge in [-0.15, -0.1) is 11.3 Å². The molecule has 2 aromatic rings. The van der Waals surface area contributed by atoms with Crippen molar-refractivity contribution in [2.24, 2.45) is 5.84 Å². The van der Waals surface area contributed by atoms with E-state index >= 15 is 0 Å². The number of anilines is 1. The molecule has 0 aliphatic heterocycles. The van der Waals surface area contributed by atoms with Crippen LogP contribution in [-0.2, 0) is 6.54 Å². The molecule has 19 heavy (non-hydrogen) atoms. The van der Waals surface area contributed by atoms with E-state index in [0.29, 0.717) is 5.82 Å². The molecule has 5 nitrogen and oxygen atoms in total. The zero-order valence-electron chi connectivity index (χ0n) is 11.5. The lowest BCUT2D eigenvalue weighted by Gasteiger charge is -2.19. The molecule has 0 unspecified atom stereocenters. The van der Waals surface area contributed by atoms with Gasteiger partial charge in [0.1, 0.15) is 10.7 Å². The molecule has 0 aliphatic carbocycles. The first kappa shape index (κ1) is 14.2. The summed E-state index contributed by atoms with van der Waals surface area (Å²) in [6, 6.07) is 1.99. The van der Waals surface area contributed by atoms with Crippen LogP contribution in [0.4, 0.5) is 5.82 Å². The summed E-state index contributed by atoms with van der Waals surface area (Å²) in [4.78, 5) is 12.5. The number of hydrogen-bond donors (Lipinski definition) is 2. The molecular weight excluding hydrogens is 258 g/mol. The van der Waals surface area contributed by atoms with E-state index in [-0.39, 0.29) is 0 Å². The molecule has 3 N–H and O–H groups in total. The summed E-state index contributed by atoms with van der Waals surface area (Å²) in [5, 5.41) is 3.01. The summed E-state index contributed by atoms with van der Waals surface area (Å²) < 4.78 is 0. The third kappa shape index (κ3) is 3.40. The Labute approximate surface area is 117 Å². The number of rotatable bonds is 7. The standard InChI is InChI=1S/C13H21N5S/c1-3-5-7-18(4-2)9-11-15-12(17-14)10-6-8-19-13(10)16-11/h6,8H,3-5,7,9,14H2,1-2H3,(H,15,16,17). The summed E-state index contributed by atoms with van der Waals surface area (Å²) in [6.07, 6.45) is 2.41. The largest absolute Gasteiger partial charge is 0.308 e. The van der Waals surface area contributed by atoms with E-state index in [2.05, 4.69) is 34.1 Å². The maximum atomic E-state index is 5.54. The van der Waals surface area contributed by atoms with Gasteiger partial charge in [-0.05, 0) is 31.0 Å². The summed E-state index contributed by atoms with van der Waals surface area (Å²) in [5.41, 5.74) is 2.67. The first-order valence-electron chi connectivity index (χ1n) is 6.71. The Bertz CT molecular complexity index is 525. The highest BCUT2D eigenvalue weighted by Crippen LogP contribution is 2.24. The van der Waals surface area contributed by atoms with E-state index in [1.165, 1.54) is 12.8 Å². The van der Waals surface area contributed by atoms with Crippen molar-refractivity contribution in [2.45, 2.75) is 33.2 Å². The smallest absolute Gasteiger partial charge is 0.152 e. The van der Waals surface area contributed by atoms with Gasteiger partial charge in [0.25, 0.3) is 0 Å². The quantitative estimate of drug-likeness (QED) is 0.602. The van der Waals surface area contributed by atoms with Crippen LogP contribution in [0.2, 0.25) is 0 Å².